The number of methoxy groups -OCH3 is 1. The van der Waals surface area contributed by atoms with Crippen LogP contribution in [-0.4, -0.2) is 38.3 Å². The first-order valence-corrected chi connectivity index (χ1v) is 14.3. The van der Waals surface area contributed by atoms with Crippen LogP contribution < -0.4 is 14.5 Å². The minimum absolute atomic E-state index is 0.903. The highest BCUT2D eigenvalue weighted by atomic mass is 16.5. The number of ether oxygens (including phenoxy) is 1. The molecule has 1 heterocycles. The molecule has 0 amide bonds. The standard InChI is InChI=1S/C34H45N3O/c1-10-27-30-21-24(8)35-33(30)31(28-17-15-25(19-22(28)6)36(11-2)12-3)32(34(27)38-9)29-18-16-26(20-23(29)7)37(13-4)14-5/h15-21,35H,10-14H2,1-9H3. The molecule has 0 saturated carbocycles. The van der Waals surface area contributed by atoms with Crippen LogP contribution in [0.15, 0.2) is 42.5 Å². The summed E-state index contributed by atoms with van der Waals surface area (Å²) in [6, 6.07) is 16.1. The number of anilines is 2. The van der Waals surface area contributed by atoms with E-state index in [2.05, 4.69) is 113 Å². The van der Waals surface area contributed by atoms with E-state index in [-0.39, 0.29) is 0 Å². The van der Waals surface area contributed by atoms with Crippen molar-refractivity contribution < 1.29 is 4.74 Å². The lowest BCUT2D eigenvalue weighted by Gasteiger charge is -2.26. The first kappa shape index (κ1) is 27.6. The third kappa shape index (κ3) is 4.77. The van der Waals surface area contributed by atoms with E-state index in [1.807, 2.05) is 7.11 Å². The van der Waals surface area contributed by atoms with E-state index in [1.54, 1.807) is 0 Å². The van der Waals surface area contributed by atoms with Crippen molar-refractivity contribution in [2.24, 2.45) is 0 Å². The van der Waals surface area contributed by atoms with E-state index in [1.165, 1.54) is 66.9 Å². The summed E-state index contributed by atoms with van der Waals surface area (Å²) >= 11 is 0. The molecular weight excluding hydrogens is 466 g/mol. The predicted octanol–water partition coefficient (Wildman–Crippen LogP) is 8.69. The summed E-state index contributed by atoms with van der Waals surface area (Å²) in [5.74, 6) is 0.986. The zero-order valence-electron chi connectivity index (χ0n) is 24.9. The van der Waals surface area contributed by atoms with Crippen LogP contribution in [0.25, 0.3) is 33.2 Å². The molecule has 0 unspecified atom stereocenters. The largest absolute Gasteiger partial charge is 0.496 e. The number of nitrogens with zero attached hydrogens (tertiary/aromatic N) is 2. The maximum Gasteiger partial charge on any atom is 0.131 e. The van der Waals surface area contributed by atoms with Gasteiger partial charge in [0.05, 0.1) is 12.6 Å². The number of aryl methyl sites for hydroxylation is 4. The summed E-state index contributed by atoms with van der Waals surface area (Å²) in [7, 11) is 1.82. The van der Waals surface area contributed by atoms with Crippen LogP contribution in [0, 0.1) is 20.8 Å². The zero-order chi connectivity index (χ0) is 27.6. The van der Waals surface area contributed by atoms with Gasteiger partial charge in [0.15, 0.2) is 0 Å². The second kappa shape index (κ2) is 11.6. The number of aromatic amines is 1. The van der Waals surface area contributed by atoms with Crippen molar-refractivity contribution in [1.29, 1.82) is 0 Å². The van der Waals surface area contributed by atoms with Crippen LogP contribution in [0.3, 0.4) is 0 Å². The second-order valence-electron chi connectivity index (χ2n) is 10.2. The molecule has 0 bridgehead atoms. The van der Waals surface area contributed by atoms with Crippen LogP contribution in [0.2, 0.25) is 0 Å². The van der Waals surface area contributed by atoms with E-state index < -0.39 is 0 Å². The lowest BCUT2D eigenvalue weighted by molar-refractivity contribution is 0.413. The van der Waals surface area contributed by atoms with E-state index in [4.69, 9.17) is 4.74 Å². The molecule has 202 valence electrons. The summed E-state index contributed by atoms with van der Waals surface area (Å²) in [6.45, 7) is 21.7. The second-order valence-corrected chi connectivity index (χ2v) is 10.2. The quantitative estimate of drug-likeness (QED) is 0.231. The van der Waals surface area contributed by atoms with Crippen LogP contribution in [0.5, 0.6) is 5.75 Å². The topological polar surface area (TPSA) is 31.5 Å². The molecule has 0 radical (unpaired) electrons. The molecule has 0 fully saturated rings. The summed E-state index contributed by atoms with van der Waals surface area (Å²) in [5, 5.41) is 1.25. The number of fused-ring (bicyclic) bond motifs is 1. The van der Waals surface area contributed by atoms with Crippen molar-refractivity contribution in [1.82, 2.24) is 4.98 Å². The van der Waals surface area contributed by atoms with Gasteiger partial charge in [-0.15, -0.1) is 0 Å². The number of H-pyrrole nitrogens is 1. The van der Waals surface area contributed by atoms with Gasteiger partial charge in [0, 0.05) is 65.3 Å². The highest BCUT2D eigenvalue weighted by Gasteiger charge is 2.25. The Bertz CT molecular complexity index is 1420. The average Bonchev–Trinajstić information content (AvgIpc) is 3.30. The number of aromatic nitrogens is 1. The Labute approximate surface area is 229 Å². The lowest BCUT2D eigenvalue weighted by atomic mass is 9.85. The van der Waals surface area contributed by atoms with Gasteiger partial charge in [0.25, 0.3) is 0 Å². The maximum atomic E-state index is 6.28. The number of rotatable bonds is 10. The third-order valence-electron chi connectivity index (χ3n) is 8.05. The van der Waals surface area contributed by atoms with Crippen LogP contribution in [0.1, 0.15) is 57.0 Å². The van der Waals surface area contributed by atoms with Gasteiger partial charge in [-0.2, -0.15) is 0 Å². The molecule has 0 aliphatic heterocycles. The molecule has 0 aliphatic rings. The van der Waals surface area contributed by atoms with Gasteiger partial charge >= 0.3 is 0 Å². The average molecular weight is 512 g/mol. The molecular formula is C34H45N3O. The first-order chi connectivity index (χ1) is 18.3. The molecule has 0 saturated heterocycles. The van der Waals surface area contributed by atoms with E-state index >= 15 is 0 Å². The molecule has 0 atom stereocenters. The monoisotopic (exact) mass is 511 g/mol. The van der Waals surface area contributed by atoms with Crippen molar-refractivity contribution in [2.45, 2.75) is 61.8 Å². The van der Waals surface area contributed by atoms with E-state index in [9.17, 15) is 0 Å². The molecule has 4 nitrogen and oxygen atoms in total. The predicted molar refractivity (Wildman–Crippen MR) is 166 cm³/mol. The van der Waals surface area contributed by atoms with Gasteiger partial charge in [0.2, 0.25) is 0 Å². The first-order valence-electron chi connectivity index (χ1n) is 14.3. The molecule has 1 N–H and O–H groups in total. The zero-order valence-corrected chi connectivity index (χ0v) is 24.9. The molecule has 1 aromatic heterocycles. The van der Waals surface area contributed by atoms with Gasteiger partial charge in [-0.3, -0.25) is 0 Å². The Hall–Kier alpha value is -3.40. The summed E-state index contributed by atoms with van der Waals surface area (Å²) in [6.07, 6.45) is 0.903. The fourth-order valence-electron chi connectivity index (χ4n) is 6.07. The van der Waals surface area contributed by atoms with E-state index in [0.717, 1.165) is 38.3 Å². The fourth-order valence-corrected chi connectivity index (χ4v) is 6.07. The van der Waals surface area contributed by atoms with E-state index in [0.29, 0.717) is 0 Å². The Kier molecular flexibility index (Phi) is 8.40. The normalized spacial score (nSPS) is 11.3. The molecule has 0 aliphatic carbocycles. The van der Waals surface area contributed by atoms with Crippen molar-refractivity contribution in [2.75, 3.05) is 43.1 Å². The lowest BCUT2D eigenvalue weighted by Crippen LogP contribution is -2.21. The molecule has 0 spiro atoms. The van der Waals surface area contributed by atoms with Crippen molar-refractivity contribution in [3.8, 4) is 28.0 Å². The Balaban J connectivity index is 2.09. The van der Waals surface area contributed by atoms with Gasteiger partial charge in [0.1, 0.15) is 5.75 Å². The number of hydrogen-bond acceptors (Lipinski definition) is 3. The summed E-state index contributed by atoms with van der Waals surface area (Å²) in [5.41, 5.74) is 13.6. The van der Waals surface area contributed by atoms with Gasteiger partial charge < -0.3 is 19.5 Å². The molecule has 3 aromatic carbocycles. The number of benzene rings is 3. The summed E-state index contributed by atoms with van der Waals surface area (Å²) < 4.78 is 6.28. The van der Waals surface area contributed by atoms with Crippen LogP contribution in [-0.2, 0) is 6.42 Å². The Morgan fingerprint density at radius 2 is 1.18 bits per heavy atom. The minimum atomic E-state index is 0.903. The highest BCUT2D eigenvalue weighted by Crippen LogP contribution is 2.49. The number of nitrogens with one attached hydrogen (secondary N) is 1. The van der Waals surface area contributed by atoms with Gasteiger partial charge in [-0.25, -0.2) is 0 Å². The molecule has 4 rings (SSSR count). The maximum absolute atomic E-state index is 6.28. The van der Waals surface area contributed by atoms with Gasteiger partial charge in [-0.05, 0) is 107 Å². The van der Waals surface area contributed by atoms with Crippen molar-refractivity contribution >= 4 is 22.3 Å². The SMILES string of the molecule is CCc1c(OC)c(-c2ccc(N(CC)CC)cc2C)c(-c2ccc(N(CC)CC)cc2C)c2[nH]c(C)cc12. The third-order valence-corrected chi connectivity index (χ3v) is 8.05. The van der Waals surface area contributed by atoms with Crippen molar-refractivity contribution in [3.63, 3.8) is 0 Å². The molecule has 38 heavy (non-hydrogen) atoms. The highest BCUT2D eigenvalue weighted by molar-refractivity contribution is 6.08. The van der Waals surface area contributed by atoms with Crippen LogP contribution in [0.4, 0.5) is 11.4 Å². The fraction of sp³-hybridized carbons (Fsp3) is 0.412. The summed E-state index contributed by atoms with van der Waals surface area (Å²) in [4.78, 5) is 8.55. The Morgan fingerprint density at radius 1 is 0.684 bits per heavy atom. The molecule has 4 aromatic rings. The smallest absolute Gasteiger partial charge is 0.131 e. The minimum Gasteiger partial charge on any atom is -0.496 e. The molecule has 4 heteroatoms. The van der Waals surface area contributed by atoms with Crippen molar-refractivity contribution in [3.05, 3.63) is 64.8 Å². The Morgan fingerprint density at radius 3 is 1.61 bits per heavy atom. The van der Waals surface area contributed by atoms with Gasteiger partial charge in [-0.1, -0.05) is 19.1 Å². The van der Waals surface area contributed by atoms with Crippen LogP contribution >= 0.6 is 0 Å². The number of hydrogen-bond donors (Lipinski definition) is 1.